The SMILES string of the molecule is CC(C)(C)c1nn(-c2cnccn2)c(N)c1Cl. The first-order chi connectivity index (χ1) is 7.91. The van der Waals surface area contributed by atoms with Crippen molar-refractivity contribution in [2.75, 3.05) is 5.73 Å². The molecule has 5 nitrogen and oxygen atoms in total. The molecule has 2 heterocycles. The van der Waals surface area contributed by atoms with Gasteiger partial charge in [0.05, 0.1) is 11.9 Å². The van der Waals surface area contributed by atoms with Crippen LogP contribution < -0.4 is 5.73 Å². The third-order valence-corrected chi connectivity index (χ3v) is 2.71. The number of nitrogens with zero attached hydrogens (tertiary/aromatic N) is 4. The Kier molecular flexibility index (Phi) is 2.79. The number of anilines is 1. The number of nitrogens with two attached hydrogens (primary N) is 1. The van der Waals surface area contributed by atoms with Crippen molar-refractivity contribution in [3.05, 3.63) is 29.3 Å². The van der Waals surface area contributed by atoms with Gasteiger partial charge in [0.15, 0.2) is 5.82 Å². The number of hydrogen-bond acceptors (Lipinski definition) is 4. The highest BCUT2D eigenvalue weighted by Crippen LogP contribution is 2.33. The molecule has 0 spiro atoms. The highest BCUT2D eigenvalue weighted by Gasteiger charge is 2.25. The number of halogens is 1. The lowest BCUT2D eigenvalue weighted by molar-refractivity contribution is 0.559. The Labute approximate surface area is 105 Å². The van der Waals surface area contributed by atoms with E-state index in [2.05, 4.69) is 15.1 Å². The van der Waals surface area contributed by atoms with Crippen LogP contribution in [0.25, 0.3) is 5.82 Å². The Bertz CT molecular complexity index is 527. The summed E-state index contributed by atoms with van der Waals surface area (Å²) >= 11 is 6.19. The normalized spacial score (nSPS) is 11.8. The van der Waals surface area contributed by atoms with Crippen molar-refractivity contribution in [3.8, 4) is 5.82 Å². The summed E-state index contributed by atoms with van der Waals surface area (Å²) in [6.07, 6.45) is 4.77. The average molecular weight is 252 g/mol. The van der Waals surface area contributed by atoms with Gasteiger partial charge in [0.25, 0.3) is 0 Å². The lowest BCUT2D eigenvalue weighted by Crippen LogP contribution is -2.13. The van der Waals surface area contributed by atoms with E-state index < -0.39 is 0 Å². The van der Waals surface area contributed by atoms with Crippen molar-refractivity contribution >= 4 is 17.4 Å². The first kappa shape index (κ1) is 11.9. The molecule has 0 aliphatic carbocycles. The van der Waals surface area contributed by atoms with Crippen molar-refractivity contribution in [2.45, 2.75) is 26.2 Å². The van der Waals surface area contributed by atoms with Crippen LogP contribution in [0.4, 0.5) is 5.82 Å². The third-order valence-electron chi connectivity index (χ3n) is 2.34. The Morgan fingerprint density at radius 1 is 1.29 bits per heavy atom. The van der Waals surface area contributed by atoms with Crippen LogP contribution in [0.3, 0.4) is 0 Å². The molecule has 0 atom stereocenters. The highest BCUT2D eigenvalue weighted by molar-refractivity contribution is 6.33. The topological polar surface area (TPSA) is 69.6 Å². The maximum absolute atomic E-state index is 6.19. The molecule has 0 amide bonds. The van der Waals surface area contributed by atoms with E-state index in [1.54, 1.807) is 18.6 Å². The van der Waals surface area contributed by atoms with Crippen molar-refractivity contribution in [1.82, 2.24) is 19.7 Å². The maximum atomic E-state index is 6.19. The molecule has 90 valence electrons. The minimum Gasteiger partial charge on any atom is -0.382 e. The Morgan fingerprint density at radius 3 is 2.47 bits per heavy atom. The standard InChI is InChI=1S/C11H14ClN5/c1-11(2,3)9-8(12)10(13)17(16-9)7-6-14-4-5-15-7/h4-6H,13H2,1-3H3. The molecular formula is C11H14ClN5. The molecule has 17 heavy (non-hydrogen) atoms. The second-order valence-electron chi connectivity index (χ2n) is 4.77. The molecule has 0 aliphatic heterocycles. The summed E-state index contributed by atoms with van der Waals surface area (Å²) in [5.41, 5.74) is 6.52. The zero-order chi connectivity index (χ0) is 12.6. The fourth-order valence-electron chi connectivity index (χ4n) is 1.47. The van der Waals surface area contributed by atoms with Crippen LogP contribution in [0.5, 0.6) is 0 Å². The van der Waals surface area contributed by atoms with Gasteiger partial charge in [-0.1, -0.05) is 32.4 Å². The maximum Gasteiger partial charge on any atom is 0.174 e. The molecule has 0 radical (unpaired) electrons. The lowest BCUT2D eigenvalue weighted by Gasteiger charge is -2.14. The van der Waals surface area contributed by atoms with Crippen LogP contribution in [-0.2, 0) is 5.41 Å². The van der Waals surface area contributed by atoms with Crippen LogP contribution >= 0.6 is 11.6 Å². The van der Waals surface area contributed by atoms with Crippen LogP contribution in [0.15, 0.2) is 18.6 Å². The lowest BCUT2D eigenvalue weighted by atomic mass is 9.92. The molecule has 0 bridgehead atoms. The van der Waals surface area contributed by atoms with Crippen LogP contribution in [0, 0.1) is 0 Å². The average Bonchev–Trinajstić information content (AvgIpc) is 2.57. The van der Waals surface area contributed by atoms with Crippen molar-refractivity contribution in [3.63, 3.8) is 0 Å². The van der Waals surface area contributed by atoms with E-state index in [0.29, 0.717) is 16.7 Å². The summed E-state index contributed by atoms with van der Waals surface area (Å²) in [6.45, 7) is 6.09. The summed E-state index contributed by atoms with van der Waals surface area (Å²) in [5, 5.41) is 4.88. The number of nitrogen functional groups attached to an aromatic ring is 1. The van der Waals surface area contributed by atoms with Crippen LogP contribution in [0.1, 0.15) is 26.5 Å². The second-order valence-corrected chi connectivity index (χ2v) is 5.15. The molecule has 0 aliphatic rings. The molecule has 2 rings (SSSR count). The van der Waals surface area contributed by atoms with Gasteiger partial charge in [0.1, 0.15) is 10.8 Å². The molecule has 6 heteroatoms. The van der Waals surface area contributed by atoms with E-state index in [1.807, 2.05) is 20.8 Å². The molecule has 2 aromatic rings. The number of rotatable bonds is 1. The first-order valence-corrected chi connectivity index (χ1v) is 5.60. The molecule has 0 saturated carbocycles. The molecular weight excluding hydrogens is 238 g/mol. The Hall–Kier alpha value is -1.62. The Balaban J connectivity index is 2.59. The monoisotopic (exact) mass is 251 g/mol. The molecule has 2 N–H and O–H groups in total. The molecule has 0 unspecified atom stereocenters. The van der Waals surface area contributed by atoms with E-state index in [9.17, 15) is 0 Å². The molecule has 0 saturated heterocycles. The predicted octanol–water partition coefficient (Wildman–Crippen LogP) is 2.20. The second kappa shape index (κ2) is 4.00. The van der Waals surface area contributed by atoms with E-state index in [1.165, 1.54) is 4.68 Å². The summed E-state index contributed by atoms with van der Waals surface area (Å²) in [7, 11) is 0. The largest absolute Gasteiger partial charge is 0.382 e. The fourth-order valence-corrected chi connectivity index (χ4v) is 1.87. The van der Waals surface area contributed by atoms with Crippen molar-refractivity contribution in [1.29, 1.82) is 0 Å². The van der Waals surface area contributed by atoms with Gasteiger partial charge >= 0.3 is 0 Å². The number of aromatic nitrogens is 4. The molecule has 0 aromatic carbocycles. The van der Waals surface area contributed by atoms with E-state index in [0.717, 1.165) is 5.69 Å². The number of hydrogen-bond donors (Lipinski definition) is 1. The van der Waals surface area contributed by atoms with Gasteiger partial charge in [-0.3, -0.25) is 4.98 Å². The third kappa shape index (κ3) is 2.10. The van der Waals surface area contributed by atoms with Gasteiger partial charge in [0, 0.05) is 17.8 Å². The zero-order valence-corrected chi connectivity index (χ0v) is 10.7. The summed E-state index contributed by atoms with van der Waals surface area (Å²) in [5.74, 6) is 0.944. The summed E-state index contributed by atoms with van der Waals surface area (Å²) in [6, 6.07) is 0. The summed E-state index contributed by atoms with van der Waals surface area (Å²) in [4.78, 5) is 8.13. The molecule has 2 aromatic heterocycles. The van der Waals surface area contributed by atoms with Crippen molar-refractivity contribution < 1.29 is 0 Å². The zero-order valence-electron chi connectivity index (χ0n) is 9.98. The fraction of sp³-hybridized carbons (Fsp3) is 0.364. The minimum absolute atomic E-state index is 0.168. The van der Waals surface area contributed by atoms with E-state index in [-0.39, 0.29) is 5.41 Å². The Morgan fingerprint density at radius 2 is 2.00 bits per heavy atom. The van der Waals surface area contributed by atoms with Gasteiger partial charge in [0.2, 0.25) is 0 Å². The quantitative estimate of drug-likeness (QED) is 0.844. The van der Waals surface area contributed by atoms with Gasteiger partial charge in [-0.2, -0.15) is 9.78 Å². The van der Waals surface area contributed by atoms with E-state index in [4.69, 9.17) is 17.3 Å². The van der Waals surface area contributed by atoms with Gasteiger partial charge in [-0.15, -0.1) is 0 Å². The highest BCUT2D eigenvalue weighted by atomic mass is 35.5. The van der Waals surface area contributed by atoms with Crippen LogP contribution in [-0.4, -0.2) is 19.7 Å². The van der Waals surface area contributed by atoms with E-state index >= 15 is 0 Å². The van der Waals surface area contributed by atoms with Gasteiger partial charge < -0.3 is 5.73 Å². The molecule has 0 fully saturated rings. The van der Waals surface area contributed by atoms with Crippen molar-refractivity contribution in [2.24, 2.45) is 0 Å². The smallest absolute Gasteiger partial charge is 0.174 e. The minimum atomic E-state index is -0.168. The summed E-state index contributed by atoms with van der Waals surface area (Å²) < 4.78 is 1.51. The van der Waals surface area contributed by atoms with Gasteiger partial charge in [-0.25, -0.2) is 4.98 Å². The predicted molar refractivity (Wildman–Crippen MR) is 67.3 cm³/mol. The van der Waals surface area contributed by atoms with Crippen LogP contribution in [0.2, 0.25) is 5.02 Å². The first-order valence-electron chi connectivity index (χ1n) is 5.22. The van der Waals surface area contributed by atoms with Gasteiger partial charge in [-0.05, 0) is 0 Å².